The summed E-state index contributed by atoms with van der Waals surface area (Å²) >= 11 is 0. The van der Waals surface area contributed by atoms with Gasteiger partial charge in [0.15, 0.2) is 0 Å². The molecule has 0 aliphatic carbocycles. The van der Waals surface area contributed by atoms with Gasteiger partial charge in [0.25, 0.3) is 0 Å². The quantitative estimate of drug-likeness (QED) is 0.714. The van der Waals surface area contributed by atoms with Crippen LogP contribution in [0.15, 0.2) is 24.3 Å². The molecule has 0 aromatic heterocycles. The highest BCUT2D eigenvalue weighted by Crippen LogP contribution is 2.32. The maximum absolute atomic E-state index is 8.60. The highest BCUT2D eigenvalue weighted by molar-refractivity contribution is 5.52. The summed E-state index contributed by atoms with van der Waals surface area (Å²) in [5.74, 6) is 0. The molecule has 1 heterocycles. The van der Waals surface area contributed by atoms with Crippen LogP contribution in [0.3, 0.4) is 0 Å². The Morgan fingerprint density at radius 1 is 1.43 bits per heavy atom. The van der Waals surface area contributed by atoms with Gasteiger partial charge in [-0.2, -0.15) is 0 Å². The average Bonchev–Trinajstić information content (AvgIpc) is 2.63. The molecule has 1 unspecified atom stereocenters. The van der Waals surface area contributed by atoms with Gasteiger partial charge in [0.1, 0.15) is 0 Å². The van der Waals surface area contributed by atoms with Crippen molar-refractivity contribution in [2.24, 2.45) is 0 Å². The lowest BCUT2D eigenvalue weighted by atomic mass is 10.2. The Kier molecular flexibility index (Phi) is 2.98. The molecule has 0 amide bonds. The van der Waals surface area contributed by atoms with Crippen LogP contribution >= 0.6 is 0 Å². The van der Waals surface area contributed by atoms with Crippen LogP contribution in [0.1, 0.15) is 18.3 Å². The lowest BCUT2D eigenvalue weighted by molar-refractivity contribution is -0.118. The fourth-order valence-electron chi connectivity index (χ4n) is 1.35. The van der Waals surface area contributed by atoms with E-state index >= 15 is 0 Å². The van der Waals surface area contributed by atoms with Crippen LogP contribution in [0, 0.1) is 0 Å². The molecule has 1 aromatic rings. The zero-order valence-corrected chi connectivity index (χ0v) is 7.77. The Hall–Kier alpha value is -1.10. The Bertz CT molecular complexity index is 303. The highest BCUT2D eigenvalue weighted by atomic mass is 16.8. The Balaban J connectivity index is 1.96. The molecule has 4 heteroatoms. The van der Waals surface area contributed by atoms with Gasteiger partial charge in [-0.05, 0) is 12.5 Å². The van der Waals surface area contributed by atoms with Crippen molar-refractivity contribution in [1.29, 1.82) is 0 Å². The summed E-state index contributed by atoms with van der Waals surface area (Å²) in [5.41, 5.74) is 4.74. The molecule has 2 rings (SSSR count). The first kappa shape index (κ1) is 9.45. The first-order chi connectivity index (χ1) is 6.92. The van der Waals surface area contributed by atoms with Crippen molar-refractivity contribution in [3.8, 4) is 0 Å². The highest BCUT2D eigenvalue weighted by Gasteiger charge is 2.22. The summed E-state index contributed by atoms with van der Waals surface area (Å²) in [5, 5.41) is 8.60. The third-order valence-electron chi connectivity index (χ3n) is 2.06. The van der Waals surface area contributed by atoms with Gasteiger partial charge in [-0.1, -0.05) is 18.2 Å². The minimum Gasteiger partial charge on any atom is -0.396 e. The van der Waals surface area contributed by atoms with Crippen LogP contribution in [0.25, 0.3) is 0 Å². The van der Waals surface area contributed by atoms with Crippen LogP contribution in [0.5, 0.6) is 0 Å². The normalized spacial score (nSPS) is 19.1. The number of para-hydroxylation sites is 1. The molecule has 76 valence electrons. The van der Waals surface area contributed by atoms with E-state index in [1.165, 1.54) is 0 Å². The molecular formula is C10H13NO3. The molecule has 0 fully saturated rings. The standard InChI is InChI=1S/C10H13NO3/c12-6-3-7-13-10-8-4-1-2-5-9(8)11-14-10/h1-2,4-5,10-12H,3,6-7H2. The van der Waals surface area contributed by atoms with Crippen molar-refractivity contribution in [2.75, 3.05) is 18.7 Å². The molecule has 2 N–H and O–H groups in total. The van der Waals surface area contributed by atoms with Crippen molar-refractivity contribution < 1.29 is 14.7 Å². The molecule has 1 atom stereocenters. The zero-order chi connectivity index (χ0) is 9.80. The number of hydrogen-bond donors (Lipinski definition) is 2. The van der Waals surface area contributed by atoms with Gasteiger partial charge in [0.05, 0.1) is 12.3 Å². The van der Waals surface area contributed by atoms with E-state index in [0.29, 0.717) is 13.0 Å². The number of ether oxygens (including phenoxy) is 1. The SMILES string of the molecule is OCCCOC1ONc2ccccc21. The molecule has 0 saturated heterocycles. The predicted molar refractivity (Wildman–Crippen MR) is 51.5 cm³/mol. The van der Waals surface area contributed by atoms with Gasteiger partial charge >= 0.3 is 0 Å². The Labute approximate surface area is 82.4 Å². The van der Waals surface area contributed by atoms with Gasteiger partial charge in [-0.3, -0.25) is 5.48 Å². The summed E-state index contributed by atoms with van der Waals surface area (Å²) in [6.45, 7) is 0.638. The number of benzene rings is 1. The van der Waals surface area contributed by atoms with E-state index in [1.807, 2.05) is 24.3 Å². The number of hydrogen-bond acceptors (Lipinski definition) is 4. The summed E-state index contributed by atoms with van der Waals surface area (Å²) in [6, 6.07) is 7.77. The first-order valence-electron chi connectivity index (χ1n) is 4.65. The predicted octanol–water partition coefficient (Wildman–Crippen LogP) is 1.44. The molecule has 1 aliphatic rings. The van der Waals surface area contributed by atoms with E-state index in [0.717, 1.165) is 11.3 Å². The van der Waals surface area contributed by atoms with E-state index in [1.54, 1.807) is 0 Å². The van der Waals surface area contributed by atoms with Gasteiger partial charge in [0.2, 0.25) is 6.29 Å². The fourth-order valence-corrected chi connectivity index (χ4v) is 1.35. The van der Waals surface area contributed by atoms with Crippen LogP contribution in [-0.2, 0) is 9.57 Å². The molecule has 0 saturated carbocycles. The van der Waals surface area contributed by atoms with Crippen LogP contribution in [0.2, 0.25) is 0 Å². The maximum atomic E-state index is 8.60. The number of fused-ring (bicyclic) bond motifs is 1. The molecule has 0 spiro atoms. The topological polar surface area (TPSA) is 50.7 Å². The fraction of sp³-hybridized carbons (Fsp3) is 0.400. The van der Waals surface area contributed by atoms with Gasteiger partial charge in [-0.25, -0.2) is 4.84 Å². The Morgan fingerprint density at radius 2 is 2.29 bits per heavy atom. The third-order valence-corrected chi connectivity index (χ3v) is 2.06. The largest absolute Gasteiger partial charge is 0.396 e. The minimum atomic E-state index is -0.349. The molecule has 1 aromatic carbocycles. The van der Waals surface area contributed by atoms with Gasteiger partial charge in [0, 0.05) is 12.2 Å². The number of aliphatic hydroxyl groups is 1. The third kappa shape index (κ3) is 1.87. The molecule has 0 radical (unpaired) electrons. The number of anilines is 1. The molecule has 0 bridgehead atoms. The second-order valence-corrected chi connectivity index (χ2v) is 3.09. The van der Waals surface area contributed by atoms with Crippen molar-refractivity contribution in [3.63, 3.8) is 0 Å². The van der Waals surface area contributed by atoms with Crippen molar-refractivity contribution in [2.45, 2.75) is 12.7 Å². The average molecular weight is 195 g/mol. The zero-order valence-electron chi connectivity index (χ0n) is 7.77. The first-order valence-corrected chi connectivity index (χ1v) is 4.65. The summed E-state index contributed by atoms with van der Waals surface area (Å²) in [4.78, 5) is 5.22. The van der Waals surface area contributed by atoms with Crippen LogP contribution in [0.4, 0.5) is 5.69 Å². The smallest absolute Gasteiger partial charge is 0.211 e. The number of rotatable bonds is 4. The van der Waals surface area contributed by atoms with Gasteiger partial charge in [-0.15, -0.1) is 0 Å². The van der Waals surface area contributed by atoms with Crippen LogP contribution in [-0.4, -0.2) is 18.3 Å². The lowest BCUT2D eigenvalue weighted by Crippen LogP contribution is -2.06. The lowest BCUT2D eigenvalue weighted by Gasteiger charge is -2.09. The second kappa shape index (κ2) is 4.41. The van der Waals surface area contributed by atoms with Crippen molar-refractivity contribution in [3.05, 3.63) is 29.8 Å². The van der Waals surface area contributed by atoms with E-state index in [4.69, 9.17) is 14.7 Å². The second-order valence-electron chi connectivity index (χ2n) is 3.09. The molecule has 4 nitrogen and oxygen atoms in total. The number of nitrogens with one attached hydrogen (secondary N) is 1. The minimum absolute atomic E-state index is 0.141. The number of aliphatic hydroxyl groups excluding tert-OH is 1. The summed E-state index contributed by atoms with van der Waals surface area (Å²) in [7, 11) is 0. The van der Waals surface area contributed by atoms with E-state index in [-0.39, 0.29) is 12.9 Å². The van der Waals surface area contributed by atoms with E-state index < -0.39 is 0 Å². The maximum Gasteiger partial charge on any atom is 0.211 e. The van der Waals surface area contributed by atoms with Crippen molar-refractivity contribution >= 4 is 5.69 Å². The van der Waals surface area contributed by atoms with E-state index in [9.17, 15) is 0 Å². The molecule has 1 aliphatic heterocycles. The van der Waals surface area contributed by atoms with Crippen LogP contribution < -0.4 is 5.48 Å². The van der Waals surface area contributed by atoms with Gasteiger partial charge < -0.3 is 9.84 Å². The summed E-state index contributed by atoms with van der Waals surface area (Å²) < 4.78 is 5.43. The molecule has 14 heavy (non-hydrogen) atoms. The molecular weight excluding hydrogens is 182 g/mol. The monoisotopic (exact) mass is 195 g/mol. The van der Waals surface area contributed by atoms with Crippen molar-refractivity contribution in [1.82, 2.24) is 0 Å². The summed E-state index contributed by atoms with van der Waals surface area (Å²) in [6.07, 6.45) is 0.278. The van der Waals surface area contributed by atoms with E-state index in [2.05, 4.69) is 5.48 Å². The Morgan fingerprint density at radius 3 is 3.14 bits per heavy atom.